The van der Waals surface area contributed by atoms with Crippen molar-refractivity contribution in [3.63, 3.8) is 0 Å². The maximum absolute atomic E-state index is 10.7. The maximum Gasteiger partial charge on any atom is 0.313 e. The van der Waals surface area contributed by atoms with Crippen LogP contribution in [0.25, 0.3) is 0 Å². The molecule has 2 rings (SSSR count). The largest absolute Gasteiger partial charge is 0.481 e. The van der Waals surface area contributed by atoms with Crippen molar-refractivity contribution in [3.8, 4) is 0 Å². The van der Waals surface area contributed by atoms with E-state index in [0.29, 0.717) is 0 Å². The molecule has 20 heavy (non-hydrogen) atoms. The Morgan fingerprint density at radius 2 is 2.10 bits per heavy atom. The fourth-order valence-electron chi connectivity index (χ4n) is 2.10. The molecule has 0 aliphatic carbocycles. The number of aryl methyl sites for hydroxylation is 1. The zero-order valence-electron chi connectivity index (χ0n) is 11.6. The number of nitrogens with zero attached hydrogens (tertiary/aromatic N) is 4. The molecule has 1 saturated heterocycles. The van der Waals surface area contributed by atoms with E-state index in [1.807, 2.05) is 18.7 Å². The Morgan fingerprint density at radius 1 is 1.35 bits per heavy atom. The Morgan fingerprint density at radius 3 is 2.75 bits per heavy atom. The summed E-state index contributed by atoms with van der Waals surface area (Å²) >= 11 is 3.25. The van der Waals surface area contributed by atoms with Crippen LogP contribution in [0.3, 0.4) is 0 Å². The van der Waals surface area contributed by atoms with Gasteiger partial charge in [0.1, 0.15) is 5.82 Å². The van der Waals surface area contributed by atoms with Crippen LogP contribution in [-0.2, 0) is 17.8 Å². The van der Waals surface area contributed by atoms with Gasteiger partial charge in [-0.3, -0.25) is 9.69 Å². The Kier molecular flexibility index (Phi) is 6.18. The lowest BCUT2D eigenvalue weighted by atomic mass is 10.4. The second kappa shape index (κ2) is 7.90. The van der Waals surface area contributed by atoms with E-state index < -0.39 is 5.97 Å². The standard InChI is InChI=1S/C12H20N4O2S2/c1-2-10-13-14-12(20-9-11(17)18)16(10)4-3-15-5-7-19-8-6-15/h2-9H2,1H3,(H,17,18). The highest BCUT2D eigenvalue weighted by molar-refractivity contribution is 7.99. The first kappa shape index (κ1) is 15.7. The van der Waals surface area contributed by atoms with Gasteiger partial charge < -0.3 is 9.67 Å². The van der Waals surface area contributed by atoms with Crippen LogP contribution in [0.15, 0.2) is 5.16 Å². The van der Waals surface area contributed by atoms with E-state index in [9.17, 15) is 4.79 Å². The lowest BCUT2D eigenvalue weighted by molar-refractivity contribution is -0.133. The second-order valence-corrected chi connectivity index (χ2v) is 6.71. The lowest BCUT2D eigenvalue weighted by Gasteiger charge is -2.26. The molecule has 0 atom stereocenters. The third kappa shape index (κ3) is 4.39. The summed E-state index contributed by atoms with van der Waals surface area (Å²) in [5, 5.41) is 17.8. The van der Waals surface area contributed by atoms with Crippen molar-refractivity contribution in [2.75, 3.05) is 36.9 Å². The number of carboxylic acids is 1. The van der Waals surface area contributed by atoms with Crippen molar-refractivity contribution in [1.82, 2.24) is 19.7 Å². The van der Waals surface area contributed by atoms with Crippen LogP contribution in [0, 0.1) is 0 Å². The summed E-state index contributed by atoms with van der Waals surface area (Å²) in [5.41, 5.74) is 0. The van der Waals surface area contributed by atoms with Crippen LogP contribution in [0.1, 0.15) is 12.7 Å². The van der Waals surface area contributed by atoms with Gasteiger partial charge in [0.2, 0.25) is 0 Å². The summed E-state index contributed by atoms with van der Waals surface area (Å²) in [6.07, 6.45) is 0.816. The van der Waals surface area contributed by atoms with E-state index >= 15 is 0 Å². The van der Waals surface area contributed by atoms with Crippen LogP contribution in [0.4, 0.5) is 0 Å². The quantitative estimate of drug-likeness (QED) is 0.754. The topological polar surface area (TPSA) is 71.2 Å². The minimum Gasteiger partial charge on any atom is -0.481 e. The predicted molar refractivity (Wildman–Crippen MR) is 81.5 cm³/mol. The lowest BCUT2D eigenvalue weighted by Crippen LogP contribution is -2.35. The SMILES string of the molecule is CCc1nnc(SCC(=O)O)n1CCN1CCSCC1. The van der Waals surface area contributed by atoms with Crippen molar-refractivity contribution in [3.05, 3.63) is 5.82 Å². The van der Waals surface area contributed by atoms with Gasteiger partial charge in [0.05, 0.1) is 5.75 Å². The average Bonchev–Trinajstić information content (AvgIpc) is 2.86. The second-order valence-electron chi connectivity index (χ2n) is 4.54. The van der Waals surface area contributed by atoms with Crippen LogP contribution < -0.4 is 0 Å². The van der Waals surface area contributed by atoms with Gasteiger partial charge in [-0.1, -0.05) is 18.7 Å². The minimum atomic E-state index is -0.823. The van der Waals surface area contributed by atoms with Gasteiger partial charge in [-0.25, -0.2) is 0 Å². The molecule has 0 spiro atoms. The molecule has 1 aromatic heterocycles. The van der Waals surface area contributed by atoms with Crippen LogP contribution in [0.5, 0.6) is 0 Å². The first-order valence-corrected chi connectivity index (χ1v) is 8.91. The molecule has 0 saturated carbocycles. The number of carbonyl (C=O) groups is 1. The average molecular weight is 316 g/mol. The summed E-state index contributed by atoms with van der Waals surface area (Å²) < 4.78 is 2.06. The molecule has 8 heteroatoms. The van der Waals surface area contributed by atoms with E-state index in [2.05, 4.69) is 19.7 Å². The van der Waals surface area contributed by atoms with Gasteiger partial charge in [-0.2, -0.15) is 11.8 Å². The molecule has 1 aliphatic heterocycles. The number of aromatic nitrogens is 3. The summed E-state index contributed by atoms with van der Waals surface area (Å²) in [6.45, 7) is 6.12. The zero-order chi connectivity index (χ0) is 14.4. The monoisotopic (exact) mass is 316 g/mol. The number of carboxylic acid groups (broad SMARTS) is 1. The molecule has 0 bridgehead atoms. The number of hydrogen-bond donors (Lipinski definition) is 1. The summed E-state index contributed by atoms with van der Waals surface area (Å²) in [6, 6.07) is 0. The summed E-state index contributed by atoms with van der Waals surface area (Å²) in [4.78, 5) is 13.1. The smallest absolute Gasteiger partial charge is 0.313 e. The predicted octanol–water partition coefficient (Wildman–Crippen LogP) is 1.07. The summed E-state index contributed by atoms with van der Waals surface area (Å²) in [5.74, 6) is 2.54. The Labute approximate surface area is 127 Å². The molecule has 0 radical (unpaired) electrons. The Bertz CT molecular complexity index is 447. The number of thioether (sulfide) groups is 2. The van der Waals surface area contributed by atoms with Crippen molar-refractivity contribution < 1.29 is 9.90 Å². The molecule has 0 aromatic carbocycles. The molecule has 2 heterocycles. The van der Waals surface area contributed by atoms with Gasteiger partial charge in [-0.05, 0) is 0 Å². The van der Waals surface area contributed by atoms with E-state index in [1.165, 1.54) is 23.3 Å². The molecular weight excluding hydrogens is 296 g/mol. The maximum atomic E-state index is 10.7. The number of rotatable bonds is 7. The van der Waals surface area contributed by atoms with Crippen molar-refractivity contribution in [2.24, 2.45) is 0 Å². The Hall–Kier alpha value is -0.730. The number of hydrogen-bond acceptors (Lipinski definition) is 6. The molecule has 1 aliphatic rings. The van der Waals surface area contributed by atoms with Crippen molar-refractivity contribution in [2.45, 2.75) is 25.0 Å². The third-order valence-electron chi connectivity index (χ3n) is 3.18. The number of aliphatic carboxylic acids is 1. The highest BCUT2D eigenvalue weighted by Gasteiger charge is 2.15. The molecule has 1 aromatic rings. The van der Waals surface area contributed by atoms with Crippen molar-refractivity contribution >= 4 is 29.5 Å². The van der Waals surface area contributed by atoms with E-state index in [0.717, 1.165) is 43.6 Å². The Balaban J connectivity index is 1.96. The van der Waals surface area contributed by atoms with Gasteiger partial charge in [0.15, 0.2) is 5.16 Å². The van der Waals surface area contributed by atoms with Gasteiger partial charge >= 0.3 is 5.97 Å². The molecule has 1 fully saturated rings. The van der Waals surface area contributed by atoms with Gasteiger partial charge in [0, 0.05) is 44.1 Å². The molecule has 1 N–H and O–H groups in total. The van der Waals surface area contributed by atoms with Gasteiger partial charge in [-0.15, -0.1) is 10.2 Å². The third-order valence-corrected chi connectivity index (χ3v) is 5.07. The van der Waals surface area contributed by atoms with E-state index in [1.54, 1.807) is 0 Å². The zero-order valence-corrected chi connectivity index (χ0v) is 13.3. The minimum absolute atomic E-state index is 0.0300. The molecular formula is C12H20N4O2S2. The molecule has 6 nitrogen and oxygen atoms in total. The fraction of sp³-hybridized carbons (Fsp3) is 0.750. The van der Waals surface area contributed by atoms with Gasteiger partial charge in [0.25, 0.3) is 0 Å². The highest BCUT2D eigenvalue weighted by Crippen LogP contribution is 2.18. The molecule has 0 amide bonds. The molecule has 0 unspecified atom stereocenters. The highest BCUT2D eigenvalue weighted by atomic mass is 32.2. The van der Waals surface area contributed by atoms with Crippen molar-refractivity contribution in [1.29, 1.82) is 0 Å². The van der Waals surface area contributed by atoms with Crippen LogP contribution in [-0.4, -0.2) is 67.6 Å². The van der Waals surface area contributed by atoms with Crippen LogP contribution >= 0.6 is 23.5 Å². The first-order valence-electron chi connectivity index (χ1n) is 6.77. The van der Waals surface area contributed by atoms with E-state index in [-0.39, 0.29) is 5.75 Å². The van der Waals surface area contributed by atoms with Crippen LogP contribution in [0.2, 0.25) is 0 Å². The first-order chi connectivity index (χ1) is 9.70. The molecule has 112 valence electrons. The van der Waals surface area contributed by atoms with E-state index in [4.69, 9.17) is 5.11 Å². The fourth-order valence-corrected chi connectivity index (χ4v) is 3.79. The summed E-state index contributed by atoms with van der Waals surface area (Å²) in [7, 11) is 0. The normalized spacial score (nSPS) is 16.4.